The van der Waals surface area contributed by atoms with Gasteiger partial charge in [0, 0.05) is 0 Å². The molecule has 0 aliphatic rings. The van der Waals surface area contributed by atoms with Gasteiger partial charge in [0.1, 0.15) is 10.6 Å². The quantitative estimate of drug-likeness (QED) is 0.782. The van der Waals surface area contributed by atoms with E-state index in [9.17, 15) is 13.2 Å². The molecule has 0 unspecified atom stereocenters. The van der Waals surface area contributed by atoms with Crippen LogP contribution < -0.4 is 15.0 Å². The maximum Gasteiger partial charge on any atom is 0.422 e. The number of aryl methyl sites for hydroxylation is 1. The molecular formula is C10H14N2O5S. The summed E-state index contributed by atoms with van der Waals surface area (Å²) in [7, 11) is -1.44. The highest BCUT2D eigenvalue weighted by Gasteiger charge is 2.20. The molecule has 1 aromatic carbocycles. The number of amides is 1. The van der Waals surface area contributed by atoms with Gasteiger partial charge in [0.2, 0.25) is 0 Å². The molecule has 0 radical (unpaired) electrons. The Balaban J connectivity index is 3.04. The highest BCUT2D eigenvalue weighted by molar-refractivity contribution is 7.89. The van der Waals surface area contributed by atoms with Gasteiger partial charge >= 0.3 is 6.09 Å². The van der Waals surface area contributed by atoms with Crippen molar-refractivity contribution in [1.82, 2.24) is 10.3 Å². The van der Waals surface area contributed by atoms with Crippen LogP contribution in [0, 0.1) is 6.92 Å². The first kappa shape index (κ1) is 14.3. The molecular weight excluding hydrogens is 260 g/mol. The third-order valence-corrected chi connectivity index (χ3v) is 3.35. The van der Waals surface area contributed by atoms with Gasteiger partial charge in [0.25, 0.3) is 10.0 Å². The fourth-order valence-corrected chi connectivity index (χ4v) is 2.29. The van der Waals surface area contributed by atoms with E-state index < -0.39 is 16.1 Å². The second-order valence-electron chi connectivity index (χ2n) is 3.38. The van der Waals surface area contributed by atoms with Gasteiger partial charge in [-0.1, -0.05) is 6.07 Å². The first-order chi connectivity index (χ1) is 8.40. The standard InChI is InChI=1S/C10H14N2O5S/c1-7-4-5-8(16-2)9(6-7)18(14,15)12-11-10(13)17-3/h4-6,12H,1-3H3,(H,11,13). The van der Waals surface area contributed by atoms with Crippen molar-refractivity contribution in [1.29, 1.82) is 0 Å². The lowest BCUT2D eigenvalue weighted by Crippen LogP contribution is -2.41. The molecule has 0 aromatic heterocycles. The molecule has 2 N–H and O–H groups in total. The zero-order valence-corrected chi connectivity index (χ0v) is 11.0. The number of hydrogen-bond donors (Lipinski definition) is 2. The maximum absolute atomic E-state index is 11.9. The third-order valence-electron chi connectivity index (χ3n) is 2.08. The van der Waals surface area contributed by atoms with Crippen LogP contribution in [-0.4, -0.2) is 28.7 Å². The second-order valence-corrected chi connectivity index (χ2v) is 5.03. The zero-order valence-electron chi connectivity index (χ0n) is 10.2. The van der Waals surface area contributed by atoms with Gasteiger partial charge in [-0.2, -0.15) is 0 Å². The SMILES string of the molecule is COC(=O)NNS(=O)(=O)c1cc(C)ccc1OC. The summed E-state index contributed by atoms with van der Waals surface area (Å²) < 4.78 is 33.1. The Morgan fingerprint density at radius 3 is 2.50 bits per heavy atom. The van der Waals surface area contributed by atoms with Gasteiger partial charge in [0.05, 0.1) is 14.2 Å². The molecule has 0 fully saturated rings. The Kier molecular flexibility index (Phi) is 4.51. The molecule has 0 spiro atoms. The first-order valence-corrected chi connectivity index (χ1v) is 6.39. The van der Waals surface area contributed by atoms with E-state index in [0.29, 0.717) is 0 Å². The molecule has 8 heteroatoms. The molecule has 0 saturated carbocycles. The van der Waals surface area contributed by atoms with Crippen molar-refractivity contribution in [2.45, 2.75) is 11.8 Å². The van der Waals surface area contributed by atoms with Gasteiger partial charge in [-0.25, -0.2) is 18.6 Å². The molecule has 0 aliphatic carbocycles. The van der Waals surface area contributed by atoms with Gasteiger partial charge in [-0.15, -0.1) is 4.83 Å². The van der Waals surface area contributed by atoms with Crippen molar-refractivity contribution in [3.63, 3.8) is 0 Å². The van der Waals surface area contributed by atoms with E-state index in [1.807, 2.05) is 10.3 Å². The summed E-state index contributed by atoms with van der Waals surface area (Å²) >= 11 is 0. The minimum Gasteiger partial charge on any atom is -0.495 e. The molecule has 1 amide bonds. The Morgan fingerprint density at radius 2 is 1.94 bits per heavy atom. The summed E-state index contributed by atoms with van der Waals surface area (Å²) in [5, 5.41) is 0. The third kappa shape index (κ3) is 3.34. The molecule has 0 atom stereocenters. The Morgan fingerprint density at radius 1 is 1.28 bits per heavy atom. The van der Waals surface area contributed by atoms with Crippen molar-refractivity contribution in [2.75, 3.05) is 14.2 Å². The van der Waals surface area contributed by atoms with Crippen molar-refractivity contribution < 1.29 is 22.7 Å². The number of rotatable bonds is 4. The summed E-state index contributed by atoms with van der Waals surface area (Å²) in [6.07, 6.45) is -0.912. The van der Waals surface area contributed by atoms with Crippen LogP contribution in [0.2, 0.25) is 0 Å². The lowest BCUT2D eigenvalue weighted by atomic mass is 10.2. The van der Waals surface area contributed by atoms with Crippen LogP contribution in [-0.2, 0) is 14.8 Å². The van der Waals surface area contributed by atoms with Crippen LogP contribution in [0.5, 0.6) is 5.75 Å². The molecule has 0 heterocycles. The largest absolute Gasteiger partial charge is 0.495 e. The molecule has 0 saturated heterocycles. The number of hydrazine groups is 1. The zero-order chi connectivity index (χ0) is 13.8. The molecule has 0 aliphatic heterocycles. The minimum atomic E-state index is -3.92. The molecule has 1 rings (SSSR count). The summed E-state index contributed by atoms with van der Waals surface area (Å²) in [5.41, 5.74) is 2.63. The molecule has 1 aromatic rings. The van der Waals surface area contributed by atoms with E-state index in [1.54, 1.807) is 13.0 Å². The van der Waals surface area contributed by atoms with Gasteiger partial charge in [0.15, 0.2) is 0 Å². The van der Waals surface area contributed by atoms with Crippen molar-refractivity contribution in [3.05, 3.63) is 23.8 Å². The number of carbonyl (C=O) groups is 1. The van der Waals surface area contributed by atoms with Crippen molar-refractivity contribution in [2.24, 2.45) is 0 Å². The van der Waals surface area contributed by atoms with Gasteiger partial charge < -0.3 is 9.47 Å². The number of sulfonamides is 1. The predicted octanol–water partition coefficient (Wildman–Crippen LogP) is 0.553. The Bertz CT molecular complexity index is 541. The van der Waals surface area contributed by atoms with Crippen LogP contribution in [0.1, 0.15) is 5.56 Å². The van der Waals surface area contributed by atoms with E-state index in [4.69, 9.17) is 4.74 Å². The molecule has 7 nitrogen and oxygen atoms in total. The highest BCUT2D eigenvalue weighted by atomic mass is 32.2. The van der Waals surface area contributed by atoms with Gasteiger partial charge in [-0.3, -0.25) is 0 Å². The van der Waals surface area contributed by atoms with E-state index >= 15 is 0 Å². The highest BCUT2D eigenvalue weighted by Crippen LogP contribution is 2.23. The number of carbonyl (C=O) groups excluding carboxylic acids is 1. The number of hydrogen-bond acceptors (Lipinski definition) is 5. The normalized spacial score (nSPS) is 10.8. The van der Waals surface area contributed by atoms with E-state index in [1.165, 1.54) is 19.2 Å². The summed E-state index contributed by atoms with van der Waals surface area (Å²) in [6, 6.07) is 4.67. The summed E-state index contributed by atoms with van der Waals surface area (Å²) in [5.74, 6) is 0.180. The fourth-order valence-electron chi connectivity index (χ4n) is 1.21. The average Bonchev–Trinajstić information content (AvgIpc) is 2.36. The minimum absolute atomic E-state index is 0.0681. The summed E-state index contributed by atoms with van der Waals surface area (Å²) in [4.78, 5) is 12.6. The Hall–Kier alpha value is -1.80. The van der Waals surface area contributed by atoms with E-state index in [2.05, 4.69) is 4.74 Å². The topological polar surface area (TPSA) is 93.7 Å². The van der Waals surface area contributed by atoms with Crippen LogP contribution in [0.25, 0.3) is 0 Å². The fraction of sp³-hybridized carbons (Fsp3) is 0.300. The lowest BCUT2D eigenvalue weighted by molar-refractivity contribution is 0.169. The van der Waals surface area contributed by atoms with Gasteiger partial charge in [-0.05, 0) is 24.6 Å². The Labute approximate surface area is 105 Å². The number of nitrogens with one attached hydrogen (secondary N) is 2. The van der Waals surface area contributed by atoms with Crippen molar-refractivity contribution in [3.8, 4) is 5.75 Å². The number of ether oxygens (including phenoxy) is 2. The van der Waals surface area contributed by atoms with Crippen LogP contribution in [0.3, 0.4) is 0 Å². The van der Waals surface area contributed by atoms with Crippen LogP contribution in [0.15, 0.2) is 23.1 Å². The van der Waals surface area contributed by atoms with Crippen LogP contribution in [0.4, 0.5) is 4.79 Å². The maximum atomic E-state index is 11.9. The van der Waals surface area contributed by atoms with E-state index in [-0.39, 0.29) is 10.6 Å². The average molecular weight is 274 g/mol. The van der Waals surface area contributed by atoms with E-state index in [0.717, 1.165) is 12.7 Å². The second kappa shape index (κ2) is 5.69. The number of benzene rings is 1. The molecule has 18 heavy (non-hydrogen) atoms. The van der Waals surface area contributed by atoms with Crippen LogP contribution >= 0.6 is 0 Å². The number of methoxy groups -OCH3 is 2. The summed E-state index contributed by atoms with van der Waals surface area (Å²) in [6.45, 7) is 1.74. The lowest BCUT2D eigenvalue weighted by Gasteiger charge is -2.11. The smallest absolute Gasteiger partial charge is 0.422 e. The predicted molar refractivity (Wildman–Crippen MR) is 63.6 cm³/mol. The molecule has 100 valence electrons. The molecule has 0 bridgehead atoms. The first-order valence-electron chi connectivity index (χ1n) is 4.91. The monoisotopic (exact) mass is 274 g/mol. The van der Waals surface area contributed by atoms with Crippen molar-refractivity contribution >= 4 is 16.1 Å².